The van der Waals surface area contributed by atoms with Crippen LogP contribution >= 0.6 is 0 Å². The van der Waals surface area contributed by atoms with Gasteiger partial charge in [0, 0.05) is 30.4 Å². The summed E-state index contributed by atoms with van der Waals surface area (Å²) in [6, 6.07) is 13.2. The van der Waals surface area contributed by atoms with Crippen molar-refractivity contribution in [1.82, 2.24) is 4.90 Å². The number of rotatable bonds is 5. The Morgan fingerprint density at radius 3 is 2.68 bits per heavy atom. The van der Waals surface area contributed by atoms with Crippen LogP contribution in [0.1, 0.15) is 28.4 Å². The van der Waals surface area contributed by atoms with Crippen LogP contribution in [-0.2, 0) is 6.54 Å². The molecule has 4 heteroatoms. The Kier molecular flexibility index (Phi) is 5.04. The summed E-state index contributed by atoms with van der Waals surface area (Å²) >= 11 is 0. The van der Waals surface area contributed by atoms with Crippen LogP contribution in [0.2, 0.25) is 0 Å². The molecule has 0 spiro atoms. The van der Waals surface area contributed by atoms with Gasteiger partial charge in [0.05, 0.1) is 6.61 Å². The molecule has 0 radical (unpaired) electrons. The lowest BCUT2D eigenvalue weighted by Gasteiger charge is -2.20. The molecule has 0 aliphatic heterocycles. The summed E-state index contributed by atoms with van der Waals surface area (Å²) in [5, 5.41) is 0. The Bertz CT molecular complexity index is 668. The topological polar surface area (TPSA) is 55.6 Å². The largest absolute Gasteiger partial charge is 0.494 e. The smallest absolute Gasteiger partial charge is 0.254 e. The van der Waals surface area contributed by atoms with E-state index in [4.69, 9.17) is 10.5 Å². The molecule has 2 aromatic carbocycles. The molecule has 2 rings (SSSR count). The number of benzene rings is 2. The number of nitrogens with zero attached hydrogens (tertiary/aromatic N) is 1. The molecule has 116 valence electrons. The normalized spacial score (nSPS) is 10.3. The fraction of sp³-hybridized carbons (Fsp3) is 0.278. The van der Waals surface area contributed by atoms with Crippen LogP contribution < -0.4 is 10.5 Å². The zero-order chi connectivity index (χ0) is 16.1. The van der Waals surface area contributed by atoms with E-state index in [0.717, 1.165) is 16.9 Å². The molecular weight excluding hydrogens is 276 g/mol. The van der Waals surface area contributed by atoms with Crippen molar-refractivity contribution < 1.29 is 9.53 Å². The summed E-state index contributed by atoms with van der Waals surface area (Å²) in [6.07, 6.45) is 0. The van der Waals surface area contributed by atoms with Crippen molar-refractivity contribution >= 4 is 11.6 Å². The Morgan fingerprint density at radius 2 is 1.95 bits per heavy atom. The fourth-order valence-corrected chi connectivity index (χ4v) is 2.33. The van der Waals surface area contributed by atoms with Crippen LogP contribution in [0.25, 0.3) is 0 Å². The van der Waals surface area contributed by atoms with Gasteiger partial charge < -0.3 is 15.4 Å². The Balaban J connectivity index is 2.20. The van der Waals surface area contributed by atoms with E-state index in [1.807, 2.05) is 44.2 Å². The molecule has 0 heterocycles. The minimum absolute atomic E-state index is 0.0453. The number of amides is 1. The second kappa shape index (κ2) is 6.98. The van der Waals surface area contributed by atoms with Gasteiger partial charge >= 0.3 is 0 Å². The van der Waals surface area contributed by atoms with Gasteiger partial charge in [-0.3, -0.25) is 4.79 Å². The molecule has 0 fully saturated rings. The third-order valence-electron chi connectivity index (χ3n) is 3.52. The summed E-state index contributed by atoms with van der Waals surface area (Å²) < 4.78 is 5.61. The van der Waals surface area contributed by atoms with Gasteiger partial charge in [0.1, 0.15) is 5.75 Å². The Morgan fingerprint density at radius 1 is 1.23 bits per heavy atom. The zero-order valence-electron chi connectivity index (χ0n) is 13.3. The van der Waals surface area contributed by atoms with E-state index in [0.29, 0.717) is 24.4 Å². The highest BCUT2D eigenvalue weighted by Crippen LogP contribution is 2.21. The van der Waals surface area contributed by atoms with Gasteiger partial charge in [-0.1, -0.05) is 24.3 Å². The quantitative estimate of drug-likeness (QED) is 0.862. The van der Waals surface area contributed by atoms with E-state index in [1.54, 1.807) is 24.1 Å². The first kappa shape index (κ1) is 15.9. The number of anilines is 1. The molecule has 0 unspecified atom stereocenters. The van der Waals surface area contributed by atoms with Crippen molar-refractivity contribution in [2.45, 2.75) is 20.4 Å². The second-order valence-corrected chi connectivity index (χ2v) is 5.28. The molecule has 0 aliphatic carbocycles. The van der Waals surface area contributed by atoms with E-state index >= 15 is 0 Å². The molecule has 22 heavy (non-hydrogen) atoms. The highest BCUT2D eigenvalue weighted by atomic mass is 16.5. The number of hydrogen-bond donors (Lipinski definition) is 1. The third-order valence-corrected chi connectivity index (χ3v) is 3.52. The summed E-state index contributed by atoms with van der Waals surface area (Å²) in [4.78, 5) is 14.3. The number of para-hydroxylation sites is 1. The van der Waals surface area contributed by atoms with Crippen LogP contribution in [-0.4, -0.2) is 24.5 Å². The van der Waals surface area contributed by atoms with Crippen molar-refractivity contribution in [3.05, 3.63) is 59.2 Å². The molecule has 0 bridgehead atoms. The summed E-state index contributed by atoms with van der Waals surface area (Å²) in [5.74, 6) is 0.769. The predicted molar refractivity (Wildman–Crippen MR) is 89.0 cm³/mol. The van der Waals surface area contributed by atoms with Crippen molar-refractivity contribution in [3.63, 3.8) is 0 Å². The van der Waals surface area contributed by atoms with Gasteiger partial charge in [0.15, 0.2) is 0 Å². The predicted octanol–water partition coefficient (Wildman–Crippen LogP) is 3.25. The van der Waals surface area contributed by atoms with E-state index in [1.165, 1.54) is 0 Å². The van der Waals surface area contributed by atoms with Crippen molar-refractivity contribution in [2.24, 2.45) is 0 Å². The highest BCUT2D eigenvalue weighted by Gasteiger charge is 2.16. The van der Waals surface area contributed by atoms with Gasteiger partial charge in [0.2, 0.25) is 0 Å². The summed E-state index contributed by atoms with van der Waals surface area (Å²) in [7, 11) is 1.79. The first-order valence-electron chi connectivity index (χ1n) is 7.35. The summed E-state index contributed by atoms with van der Waals surface area (Å²) in [6.45, 7) is 4.95. The maximum absolute atomic E-state index is 12.6. The fourth-order valence-electron chi connectivity index (χ4n) is 2.33. The number of hydrogen-bond acceptors (Lipinski definition) is 3. The van der Waals surface area contributed by atoms with E-state index in [9.17, 15) is 4.79 Å². The molecule has 0 atom stereocenters. The zero-order valence-corrected chi connectivity index (χ0v) is 13.3. The van der Waals surface area contributed by atoms with Crippen LogP contribution in [0.15, 0.2) is 42.5 Å². The lowest BCUT2D eigenvalue weighted by Crippen LogP contribution is -2.27. The molecule has 0 aromatic heterocycles. The average Bonchev–Trinajstić information content (AvgIpc) is 2.51. The monoisotopic (exact) mass is 298 g/mol. The molecule has 4 nitrogen and oxygen atoms in total. The molecule has 0 aliphatic rings. The number of ether oxygens (including phenoxy) is 1. The maximum Gasteiger partial charge on any atom is 0.254 e. The van der Waals surface area contributed by atoms with Crippen LogP contribution in [0.4, 0.5) is 5.69 Å². The number of nitrogen functional groups attached to an aromatic ring is 1. The SMILES string of the molecule is CCOc1ccccc1CN(C)C(=O)c1cc(N)ccc1C. The minimum Gasteiger partial charge on any atom is -0.494 e. The molecule has 0 saturated heterocycles. The van der Waals surface area contributed by atoms with E-state index in [-0.39, 0.29) is 5.91 Å². The van der Waals surface area contributed by atoms with Gasteiger partial charge in [-0.2, -0.15) is 0 Å². The number of aryl methyl sites for hydroxylation is 1. The van der Waals surface area contributed by atoms with Crippen LogP contribution in [0, 0.1) is 6.92 Å². The van der Waals surface area contributed by atoms with Crippen molar-refractivity contribution in [1.29, 1.82) is 0 Å². The maximum atomic E-state index is 12.6. The van der Waals surface area contributed by atoms with Gasteiger partial charge in [0.25, 0.3) is 5.91 Å². The first-order valence-corrected chi connectivity index (χ1v) is 7.35. The second-order valence-electron chi connectivity index (χ2n) is 5.28. The number of carbonyl (C=O) groups is 1. The van der Waals surface area contributed by atoms with Crippen molar-refractivity contribution in [3.8, 4) is 5.75 Å². The average molecular weight is 298 g/mol. The minimum atomic E-state index is -0.0453. The van der Waals surface area contributed by atoms with Crippen molar-refractivity contribution in [2.75, 3.05) is 19.4 Å². The summed E-state index contributed by atoms with van der Waals surface area (Å²) in [5.41, 5.74) is 8.93. The first-order chi connectivity index (χ1) is 10.5. The Labute approximate surface area is 131 Å². The van der Waals surface area contributed by atoms with Gasteiger partial charge in [-0.15, -0.1) is 0 Å². The number of nitrogens with two attached hydrogens (primary N) is 1. The van der Waals surface area contributed by atoms with E-state index in [2.05, 4.69) is 0 Å². The van der Waals surface area contributed by atoms with Gasteiger partial charge in [-0.05, 0) is 37.6 Å². The molecule has 2 N–H and O–H groups in total. The Hall–Kier alpha value is -2.49. The van der Waals surface area contributed by atoms with Crippen LogP contribution in [0.5, 0.6) is 5.75 Å². The van der Waals surface area contributed by atoms with E-state index < -0.39 is 0 Å². The standard InChI is InChI=1S/C18H22N2O2/c1-4-22-17-8-6-5-7-14(17)12-20(3)18(21)16-11-15(19)10-9-13(16)2/h5-11H,4,12,19H2,1-3H3. The third kappa shape index (κ3) is 3.58. The molecule has 1 amide bonds. The molecular formula is C18H22N2O2. The highest BCUT2D eigenvalue weighted by molar-refractivity contribution is 5.96. The van der Waals surface area contributed by atoms with Gasteiger partial charge in [-0.25, -0.2) is 0 Å². The molecule has 2 aromatic rings. The molecule has 0 saturated carbocycles. The lowest BCUT2D eigenvalue weighted by molar-refractivity contribution is 0.0783. The van der Waals surface area contributed by atoms with Crippen LogP contribution in [0.3, 0.4) is 0 Å². The number of carbonyl (C=O) groups excluding carboxylic acids is 1. The lowest BCUT2D eigenvalue weighted by atomic mass is 10.1.